The highest BCUT2D eigenvalue weighted by Gasteiger charge is 2.47. The summed E-state index contributed by atoms with van der Waals surface area (Å²) in [7, 11) is -4.01. The molecule has 0 fully saturated rings. The van der Waals surface area contributed by atoms with Crippen LogP contribution in [0, 0.1) is 6.92 Å². The Morgan fingerprint density at radius 3 is 1.79 bits per heavy atom. The number of nitrogens with zero attached hydrogens (tertiary/aromatic N) is 5. The summed E-state index contributed by atoms with van der Waals surface area (Å²) in [5.74, 6) is -2.78. The first-order valence-corrected chi connectivity index (χ1v) is 22.2. The number of amides is 2. The standard InChI is InChI=1S/C46H37ClF6N10O6S/c1-27-25-58-43(61-32-3-2-4-38(23-32)70(55,66)67)62-40(27)59-31-11-7-29(8-12-31)44(24-39(54)64,28-5-9-30(10-6-28)57-26-33-21-22-56-42(47)60-33)41(65)63(34-13-17-36(18-14-34)68-45(48,49)50)35-15-19-37(20-16-35)69-46(51,52)53/h2-23,25,57H,24,26H2,1H3,(H2,54,64)(H2,55,66,67)(H2,58,59,61,62). The van der Waals surface area contributed by atoms with Crippen molar-refractivity contribution in [2.24, 2.45) is 10.9 Å². The fourth-order valence-electron chi connectivity index (χ4n) is 7.14. The number of aromatic nitrogens is 4. The first-order chi connectivity index (χ1) is 33.0. The molecule has 0 spiro atoms. The number of hydrogen-bond donors (Lipinski definition) is 5. The molecule has 0 aliphatic rings. The third kappa shape index (κ3) is 12.5. The second kappa shape index (κ2) is 20.3. The number of primary sulfonamides is 1. The Hall–Kier alpha value is -8.02. The molecule has 2 aromatic heterocycles. The third-order valence-electron chi connectivity index (χ3n) is 10.2. The molecular formula is C46H37ClF6N10O6S. The van der Waals surface area contributed by atoms with Gasteiger partial charge in [0.1, 0.15) is 22.7 Å². The van der Waals surface area contributed by atoms with Crippen LogP contribution in [0.25, 0.3) is 0 Å². The van der Waals surface area contributed by atoms with Gasteiger partial charge in [-0.2, -0.15) is 4.98 Å². The molecule has 0 bridgehead atoms. The molecule has 2 heterocycles. The van der Waals surface area contributed by atoms with Crippen molar-refractivity contribution < 1.29 is 53.8 Å². The van der Waals surface area contributed by atoms with Crippen molar-refractivity contribution in [1.82, 2.24) is 19.9 Å². The molecular weight excluding hydrogens is 970 g/mol. The topological polar surface area (TPSA) is 230 Å². The van der Waals surface area contributed by atoms with E-state index in [4.69, 9.17) is 22.5 Å². The molecule has 362 valence electrons. The van der Waals surface area contributed by atoms with Gasteiger partial charge in [0.15, 0.2) is 0 Å². The van der Waals surface area contributed by atoms with Crippen LogP contribution < -0.4 is 41.2 Å². The number of anilines is 7. The number of halogens is 7. The number of primary amides is 1. The Morgan fingerprint density at radius 1 is 0.714 bits per heavy atom. The van der Waals surface area contributed by atoms with Crippen molar-refractivity contribution in [2.75, 3.05) is 20.9 Å². The summed E-state index contributed by atoms with van der Waals surface area (Å²) >= 11 is 5.96. The summed E-state index contributed by atoms with van der Waals surface area (Å²) in [5.41, 5.74) is 6.49. The van der Waals surface area contributed by atoms with Gasteiger partial charge in [0.25, 0.3) is 0 Å². The number of sulfonamides is 1. The van der Waals surface area contributed by atoms with Gasteiger partial charge in [0.2, 0.25) is 33.1 Å². The second-order valence-electron chi connectivity index (χ2n) is 15.1. The quantitative estimate of drug-likeness (QED) is 0.0424. The van der Waals surface area contributed by atoms with Crippen LogP contribution in [0.4, 0.5) is 66.5 Å². The zero-order chi connectivity index (χ0) is 50.4. The molecule has 0 saturated heterocycles. The monoisotopic (exact) mass is 1010 g/mol. The van der Waals surface area contributed by atoms with Gasteiger partial charge in [-0.1, -0.05) is 30.3 Å². The van der Waals surface area contributed by atoms with E-state index in [9.17, 15) is 39.6 Å². The van der Waals surface area contributed by atoms with Gasteiger partial charge in [-0.3, -0.25) is 14.5 Å². The summed E-state index contributed by atoms with van der Waals surface area (Å²) < 4.78 is 111. The van der Waals surface area contributed by atoms with E-state index in [1.165, 1.54) is 42.7 Å². The van der Waals surface area contributed by atoms with E-state index >= 15 is 4.79 Å². The lowest BCUT2D eigenvalue weighted by Crippen LogP contribution is -2.48. The molecule has 70 heavy (non-hydrogen) atoms. The van der Waals surface area contributed by atoms with Crippen molar-refractivity contribution in [3.63, 3.8) is 0 Å². The minimum Gasteiger partial charge on any atom is -0.406 e. The van der Waals surface area contributed by atoms with E-state index < -0.39 is 57.9 Å². The van der Waals surface area contributed by atoms with E-state index in [1.807, 2.05) is 0 Å². The largest absolute Gasteiger partial charge is 0.573 e. The number of benzene rings is 5. The summed E-state index contributed by atoms with van der Waals surface area (Å²) in [6.45, 7) is 1.92. The molecule has 16 nitrogen and oxygen atoms in total. The fourth-order valence-corrected chi connectivity index (χ4v) is 7.86. The Labute approximate surface area is 399 Å². The van der Waals surface area contributed by atoms with Gasteiger partial charge < -0.3 is 31.2 Å². The molecule has 7 rings (SSSR count). The van der Waals surface area contributed by atoms with Crippen molar-refractivity contribution in [2.45, 2.75) is 42.9 Å². The zero-order valence-electron chi connectivity index (χ0n) is 36.1. The highest BCUT2D eigenvalue weighted by molar-refractivity contribution is 7.89. The molecule has 1 unspecified atom stereocenters. The minimum atomic E-state index is -5.07. The van der Waals surface area contributed by atoms with E-state index in [1.54, 1.807) is 55.5 Å². The zero-order valence-corrected chi connectivity index (χ0v) is 37.7. The van der Waals surface area contributed by atoms with Crippen LogP contribution >= 0.6 is 11.6 Å². The number of hydrogen-bond acceptors (Lipinski definition) is 13. The van der Waals surface area contributed by atoms with E-state index in [0.29, 0.717) is 34.1 Å². The number of carbonyl (C=O) groups excluding carboxylic acids is 2. The van der Waals surface area contributed by atoms with Crippen molar-refractivity contribution in [1.29, 1.82) is 0 Å². The van der Waals surface area contributed by atoms with Crippen LogP contribution in [0.1, 0.15) is 28.8 Å². The lowest BCUT2D eigenvalue weighted by atomic mass is 9.70. The average molecular weight is 1010 g/mol. The summed E-state index contributed by atoms with van der Waals surface area (Å²) in [6.07, 6.45) is -7.86. The first kappa shape index (κ1) is 49.9. The highest BCUT2D eigenvalue weighted by atomic mass is 35.5. The molecule has 7 aromatic rings. The maximum Gasteiger partial charge on any atom is 0.573 e. The molecule has 24 heteroatoms. The molecule has 0 aliphatic heterocycles. The smallest absolute Gasteiger partial charge is 0.406 e. The lowest BCUT2D eigenvalue weighted by molar-refractivity contribution is -0.275. The summed E-state index contributed by atoms with van der Waals surface area (Å²) in [5, 5.41) is 14.6. The Balaban J connectivity index is 1.32. The molecule has 1 atom stereocenters. The van der Waals surface area contributed by atoms with Gasteiger partial charge >= 0.3 is 12.7 Å². The van der Waals surface area contributed by atoms with Gasteiger partial charge in [-0.25, -0.2) is 28.5 Å². The number of carbonyl (C=O) groups is 2. The van der Waals surface area contributed by atoms with Crippen LogP contribution in [-0.2, 0) is 31.6 Å². The number of rotatable bonds is 17. The van der Waals surface area contributed by atoms with Crippen LogP contribution in [0.5, 0.6) is 11.5 Å². The Bertz CT molecular complexity index is 3060. The van der Waals surface area contributed by atoms with Crippen molar-refractivity contribution in [3.05, 3.63) is 167 Å². The Morgan fingerprint density at radius 2 is 1.27 bits per heavy atom. The van der Waals surface area contributed by atoms with Crippen LogP contribution in [0.3, 0.4) is 0 Å². The predicted molar refractivity (Wildman–Crippen MR) is 246 cm³/mol. The van der Waals surface area contributed by atoms with E-state index in [0.717, 1.165) is 53.4 Å². The molecule has 0 saturated carbocycles. The van der Waals surface area contributed by atoms with Gasteiger partial charge in [0, 0.05) is 52.8 Å². The normalized spacial score (nSPS) is 12.6. The minimum absolute atomic E-state index is 0.0279. The van der Waals surface area contributed by atoms with Crippen LogP contribution in [0.2, 0.25) is 5.28 Å². The molecule has 0 aliphatic carbocycles. The molecule has 5 aromatic carbocycles. The van der Waals surface area contributed by atoms with E-state index in [2.05, 4.69) is 45.4 Å². The van der Waals surface area contributed by atoms with Crippen LogP contribution in [-0.4, -0.2) is 52.9 Å². The predicted octanol–water partition coefficient (Wildman–Crippen LogP) is 9.30. The molecule has 2 amide bonds. The number of nitrogens with one attached hydrogen (secondary N) is 3. The van der Waals surface area contributed by atoms with Crippen LogP contribution in [0.15, 0.2) is 145 Å². The number of aryl methyl sites for hydroxylation is 1. The van der Waals surface area contributed by atoms with Crippen molar-refractivity contribution in [3.8, 4) is 11.5 Å². The number of nitrogens with two attached hydrogens (primary N) is 2. The Kier molecular flexibility index (Phi) is 14.5. The summed E-state index contributed by atoms with van der Waals surface area (Å²) in [6, 6.07) is 28.1. The lowest BCUT2D eigenvalue weighted by Gasteiger charge is -2.38. The molecule has 0 radical (unpaired) electrons. The van der Waals surface area contributed by atoms with Gasteiger partial charge in [-0.05, 0) is 127 Å². The van der Waals surface area contributed by atoms with Gasteiger partial charge in [0.05, 0.1) is 17.1 Å². The third-order valence-corrected chi connectivity index (χ3v) is 11.3. The maximum absolute atomic E-state index is 15.8. The van der Waals surface area contributed by atoms with Gasteiger partial charge in [-0.15, -0.1) is 26.3 Å². The fraction of sp³-hybridized carbons (Fsp3) is 0.130. The maximum atomic E-state index is 15.8. The number of ether oxygens (including phenoxy) is 2. The summed E-state index contributed by atoms with van der Waals surface area (Å²) in [4.78, 5) is 46.9. The second-order valence-corrected chi connectivity index (χ2v) is 17.0. The average Bonchev–Trinajstić information content (AvgIpc) is 3.29. The van der Waals surface area contributed by atoms with Crippen molar-refractivity contribution >= 4 is 73.6 Å². The highest BCUT2D eigenvalue weighted by Crippen LogP contribution is 2.43. The number of alkyl halides is 6. The first-order valence-electron chi connectivity index (χ1n) is 20.3. The SMILES string of the molecule is Cc1cnc(Nc2cccc(S(N)(=O)=O)c2)nc1Nc1ccc(C(CC(N)=O)(C(=O)N(c2ccc(OC(F)(F)F)cc2)c2ccc(OC(F)(F)F)cc2)c2ccc(NCc3ccnc(Cl)n3)cc2)cc1. The van der Waals surface area contributed by atoms with E-state index in [-0.39, 0.29) is 45.2 Å². The molecule has 7 N–H and O–H groups in total.